The molecular formula is C19H22N4O2S. The van der Waals surface area contributed by atoms with E-state index in [0.29, 0.717) is 6.61 Å². The molecule has 0 spiro atoms. The molecule has 3 aromatic rings. The first-order chi connectivity index (χ1) is 12.7. The van der Waals surface area contributed by atoms with E-state index in [1.54, 1.807) is 13.4 Å². The van der Waals surface area contributed by atoms with Crippen molar-refractivity contribution in [3.63, 3.8) is 0 Å². The van der Waals surface area contributed by atoms with Crippen LogP contribution in [0.25, 0.3) is 10.8 Å². The van der Waals surface area contributed by atoms with Gasteiger partial charge in [0.25, 0.3) is 0 Å². The predicted octanol–water partition coefficient (Wildman–Crippen LogP) is 3.59. The predicted molar refractivity (Wildman–Crippen MR) is 104 cm³/mol. The second-order valence-electron chi connectivity index (χ2n) is 5.93. The Labute approximate surface area is 156 Å². The highest BCUT2D eigenvalue weighted by Gasteiger charge is 2.18. The minimum absolute atomic E-state index is 0.0576. The molecule has 0 fully saturated rings. The molecule has 0 radical (unpaired) electrons. The molecule has 0 saturated heterocycles. The maximum absolute atomic E-state index is 12.6. The Kier molecular flexibility index (Phi) is 6.25. The van der Waals surface area contributed by atoms with Gasteiger partial charge in [0.2, 0.25) is 5.91 Å². The molecule has 1 heterocycles. The molecular weight excluding hydrogens is 348 g/mol. The average molecular weight is 370 g/mol. The van der Waals surface area contributed by atoms with Crippen molar-refractivity contribution in [3.05, 3.63) is 48.8 Å². The van der Waals surface area contributed by atoms with Crippen LogP contribution in [0.4, 0.5) is 5.69 Å². The van der Waals surface area contributed by atoms with Gasteiger partial charge in [0.05, 0.1) is 5.25 Å². The van der Waals surface area contributed by atoms with Gasteiger partial charge >= 0.3 is 0 Å². The standard InChI is InChI=1S/C19H22N4O2S/c1-14(26-19-22-20-13-23(19)11-6-12-25-2)18(24)21-17-10-5-8-15-7-3-4-9-16(15)17/h3-5,7-10,13-14H,6,11-12H2,1-2H3,(H,21,24). The van der Waals surface area contributed by atoms with Crippen LogP contribution in [0.5, 0.6) is 0 Å². The second-order valence-corrected chi connectivity index (χ2v) is 7.24. The number of hydrogen-bond acceptors (Lipinski definition) is 5. The number of aryl methyl sites for hydroxylation is 1. The number of methoxy groups -OCH3 is 1. The lowest BCUT2D eigenvalue weighted by Gasteiger charge is -2.14. The number of fused-ring (bicyclic) bond motifs is 1. The van der Waals surface area contributed by atoms with Crippen molar-refractivity contribution in [2.75, 3.05) is 19.0 Å². The summed E-state index contributed by atoms with van der Waals surface area (Å²) in [5.74, 6) is -0.0576. The van der Waals surface area contributed by atoms with E-state index in [2.05, 4.69) is 15.5 Å². The molecule has 1 atom stereocenters. The molecule has 6 nitrogen and oxygen atoms in total. The summed E-state index contributed by atoms with van der Waals surface area (Å²) in [5.41, 5.74) is 0.821. The quantitative estimate of drug-likeness (QED) is 0.485. The first kappa shape index (κ1) is 18.4. The third-order valence-corrected chi connectivity index (χ3v) is 5.12. The highest BCUT2D eigenvalue weighted by molar-refractivity contribution is 8.00. The zero-order chi connectivity index (χ0) is 18.4. The van der Waals surface area contributed by atoms with E-state index in [9.17, 15) is 4.79 Å². The van der Waals surface area contributed by atoms with Crippen LogP contribution < -0.4 is 5.32 Å². The number of hydrogen-bond donors (Lipinski definition) is 1. The molecule has 1 N–H and O–H groups in total. The Balaban J connectivity index is 1.66. The van der Waals surface area contributed by atoms with E-state index in [4.69, 9.17) is 4.74 Å². The highest BCUT2D eigenvalue weighted by atomic mass is 32.2. The first-order valence-corrected chi connectivity index (χ1v) is 9.39. The van der Waals surface area contributed by atoms with Gasteiger partial charge < -0.3 is 14.6 Å². The SMILES string of the molecule is COCCCn1cnnc1SC(C)C(=O)Nc1cccc2ccccc12. The zero-order valence-corrected chi connectivity index (χ0v) is 15.7. The highest BCUT2D eigenvalue weighted by Crippen LogP contribution is 2.26. The third-order valence-electron chi connectivity index (χ3n) is 4.03. The van der Waals surface area contributed by atoms with Crippen molar-refractivity contribution in [3.8, 4) is 0 Å². The van der Waals surface area contributed by atoms with Crippen molar-refractivity contribution in [2.45, 2.75) is 30.3 Å². The average Bonchev–Trinajstić information content (AvgIpc) is 3.09. The normalized spacial score (nSPS) is 12.2. The van der Waals surface area contributed by atoms with Gasteiger partial charge in [-0.3, -0.25) is 4.79 Å². The molecule has 136 valence electrons. The number of benzene rings is 2. The van der Waals surface area contributed by atoms with Gasteiger partial charge in [-0.2, -0.15) is 0 Å². The summed E-state index contributed by atoms with van der Waals surface area (Å²) in [7, 11) is 1.68. The fourth-order valence-electron chi connectivity index (χ4n) is 2.65. The zero-order valence-electron chi connectivity index (χ0n) is 14.9. The van der Waals surface area contributed by atoms with Gasteiger partial charge in [-0.05, 0) is 24.8 Å². The lowest BCUT2D eigenvalue weighted by atomic mass is 10.1. The van der Waals surface area contributed by atoms with Crippen LogP contribution in [0.2, 0.25) is 0 Å². The van der Waals surface area contributed by atoms with Crippen LogP contribution >= 0.6 is 11.8 Å². The number of carbonyl (C=O) groups excluding carboxylic acids is 1. The van der Waals surface area contributed by atoms with Gasteiger partial charge in [-0.25, -0.2) is 0 Å². The molecule has 1 aromatic heterocycles. The Morgan fingerprint density at radius 1 is 1.27 bits per heavy atom. The summed E-state index contributed by atoms with van der Waals surface area (Å²) in [6.07, 6.45) is 2.56. The number of ether oxygens (including phenoxy) is 1. The van der Waals surface area contributed by atoms with Crippen molar-refractivity contribution in [1.82, 2.24) is 14.8 Å². The van der Waals surface area contributed by atoms with Gasteiger partial charge in [0, 0.05) is 31.3 Å². The van der Waals surface area contributed by atoms with Gasteiger partial charge in [0.1, 0.15) is 6.33 Å². The summed E-state index contributed by atoms with van der Waals surface area (Å²) in [6.45, 7) is 3.32. The van der Waals surface area contributed by atoms with E-state index in [1.807, 2.05) is 54.0 Å². The third kappa shape index (κ3) is 4.42. The fourth-order valence-corrected chi connectivity index (χ4v) is 3.50. The van der Waals surface area contributed by atoms with Crippen molar-refractivity contribution < 1.29 is 9.53 Å². The van der Waals surface area contributed by atoms with Crippen LogP contribution in [0.1, 0.15) is 13.3 Å². The summed E-state index contributed by atoms with van der Waals surface area (Å²) in [6, 6.07) is 13.9. The number of carbonyl (C=O) groups is 1. The topological polar surface area (TPSA) is 69.0 Å². The molecule has 0 aliphatic heterocycles. The van der Waals surface area contributed by atoms with E-state index in [-0.39, 0.29) is 11.2 Å². The summed E-state index contributed by atoms with van der Waals surface area (Å²) in [4.78, 5) is 12.6. The molecule has 26 heavy (non-hydrogen) atoms. The maximum atomic E-state index is 12.6. The van der Waals surface area contributed by atoms with Crippen LogP contribution in [-0.4, -0.2) is 39.6 Å². The number of amides is 1. The van der Waals surface area contributed by atoms with Gasteiger partial charge in [-0.15, -0.1) is 10.2 Å². The number of aromatic nitrogens is 3. The number of thioether (sulfide) groups is 1. The second kappa shape index (κ2) is 8.82. The first-order valence-electron chi connectivity index (χ1n) is 8.51. The van der Waals surface area contributed by atoms with Crippen LogP contribution in [0.15, 0.2) is 53.9 Å². The maximum Gasteiger partial charge on any atom is 0.237 e. The van der Waals surface area contributed by atoms with Crippen molar-refractivity contribution in [2.24, 2.45) is 0 Å². The Morgan fingerprint density at radius 3 is 2.92 bits per heavy atom. The van der Waals surface area contributed by atoms with Gasteiger partial charge in [-0.1, -0.05) is 48.2 Å². The fraction of sp³-hybridized carbons (Fsp3) is 0.316. The summed E-state index contributed by atoms with van der Waals surface area (Å²) in [5, 5.41) is 13.7. The summed E-state index contributed by atoms with van der Waals surface area (Å²) >= 11 is 1.40. The number of nitrogens with zero attached hydrogens (tertiary/aromatic N) is 3. The Morgan fingerprint density at radius 2 is 2.08 bits per heavy atom. The lowest BCUT2D eigenvalue weighted by Crippen LogP contribution is -2.23. The van der Waals surface area contributed by atoms with E-state index in [0.717, 1.165) is 34.6 Å². The molecule has 0 bridgehead atoms. The number of nitrogens with one attached hydrogen (secondary N) is 1. The van der Waals surface area contributed by atoms with Crippen molar-refractivity contribution in [1.29, 1.82) is 0 Å². The van der Waals surface area contributed by atoms with E-state index < -0.39 is 0 Å². The molecule has 7 heteroatoms. The largest absolute Gasteiger partial charge is 0.385 e. The summed E-state index contributed by atoms with van der Waals surface area (Å²) < 4.78 is 7.03. The van der Waals surface area contributed by atoms with E-state index in [1.165, 1.54) is 11.8 Å². The van der Waals surface area contributed by atoms with Gasteiger partial charge in [0.15, 0.2) is 5.16 Å². The monoisotopic (exact) mass is 370 g/mol. The van der Waals surface area contributed by atoms with Crippen LogP contribution in [0.3, 0.4) is 0 Å². The molecule has 3 rings (SSSR count). The smallest absolute Gasteiger partial charge is 0.237 e. The number of rotatable bonds is 8. The molecule has 0 aliphatic rings. The molecule has 0 saturated carbocycles. The van der Waals surface area contributed by atoms with Crippen LogP contribution in [0, 0.1) is 0 Å². The number of anilines is 1. The van der Waals surface area contributed by atoms with Crippen molar-refractivity contribution >= 4 is 34.1 Å². The lowest BCUT2D eigenvalue weighted by molar-refractivity contribution is -0.115. The minimum Gasteiger partial charge on any atom is -0.385 e. The van der Waals surface area contributed by atoms with E-state index >= 15 is 0 Å². The molecule has 1 amide bonds. The molecule has 0 aliphatic carbocycles. The Hall–Kier alpha value is -2.38. The molecule has 1 unspecified atom stereocenters. The molecule has 2 aromatic carbocycles. The van der Waals surface area contributed by atoms with Crippen LogP contribution in [-0.2, 0) is 16.1 Å². The minimum atomic E-state index is -0.292. The Bertz CT molecular complexity index is 875.